The summed E-state index contributed by atoms with van der Waals surface area (Å²) in [5.74, 6) is 0. The lowest BCUT2D eigenvalue weighted by Crippen LogP contribution is -2.13. The van der Waals surface area contributed by atoms with E-state index in [1.165, 1.54) is 20.2 Å². The normalized spacial score (nSPS) is 11.4. The molecule has 0 spiro atoms. The van der Waals surface area contributed by atoms with Gasteiger partial charge in [-0.1, -0.05) is 121 Å². The highest BCUT2D eigenvalue weighted by Gasteiger charge is 2.21. The third-order valence-corrected chi connectivity index (χ3v) is 13.3. The molecule has 2 aromatic heterocycles. The number of furan rings is 1. The van der Waals surface area contributed by atoms with Crippen LogP contribution in [0.15, 0.2) is 253 Å². The van der Waals surface area contributed by atoms with Gasteiger partial charge in [-0.15, -0.1) is 11.3 Å². The Bertz CT molecular complexity index is 3430. The van der Waals surface area contributed by atoms with Crippen LogP contribution in [-0.2, 0) is 0 Å². The van der Waals surface area contributed by atoms with E-state index in [0.29, 0.717) is 0 Å². The summed E-state index contributed by atoms with van der Waals surface area (Å²) in [6.07, 6.45) is 0. The molecule has 0 aliphatic carbocycles. The smallest absolute Gasteiger partial charge is 0.135 e. The van der Waals surface area contributed by atoms with Crippen LogP contribution in [0, 0.1) is 0 Å². The zero-order valence-corrected chi connectivity index (χ0v) is 36.1. The second kappa shape index (κ2) is 16.4. The van der Waals surface area contributed by atoms with Crippen LogP contribution in [0.2, 0.25) is 0 Å². The Balaban J connectivity index is 1.01. The van der Waals surface area contributed by atoms with Gasteiger partial charge in [0.2, 0.25) is 0 Å². The monoisotopic (exact) mass is 851 g/mol. The minimum absolute atomic E-state index is 0.886. The molecule has 0 unspecified atom stereocenters. The summed E-state index contributed by atoms with van der Waals surface area (Å²) in [5.41, 5.74) is 13.8. The predicted molar refractivity (Wildman–Crippen MR) is 276 cm³/mol. The lowest BCUT2D eigenvalue weighted by atomic mass is 10.00. The first-order chi connectivity index (χ1) is 32.2. The van der Waals surface area contributed by atoms with Crippen molar-refractivity contribution in [1.82, 2.24) is 0 Å². The zero-order chi connectivity index (χ0) is 43.1. The highest BCUT2D eigenvalue weighted by Crippen LogP contribution is 2.46. The van der Waals surface area contributed by atoms with Crippen molar-refractivity contribution in [1.29, 1.82) is 0 Å². The van der Waals surface area contributed by atoms with E-state index in [4.69, 9.17) is 4.42 Å². The van der Waals surface area contributed by atoms with E-state index in [1.54, 1.807) is 0 Å². The molecule has 5 heteroatoms. The molecule has 4 nitrogen and oxygen atoms in total. The quantitative estimate of drug-likeness (QED) is 0.137. The van der Waals surface area contributed by atoms with Gasteiger partial charge in [-0.3, -0.25) is 0 Å². The Labute approximate surface area is 381 Å². The summed E-state index contributed by atoms with van der Waals surface area (Å²) in [7, 11) is 0. The second-order valence-corrected chi connectivity index (χ2v) is 17.3. The van der Waals surface area contributed by atoms with Crippen molar-refractivity contribution in [3.63, 3.8) is 0 Å². The zero-order valence-electron chi connectivity index (χ0n) is 35.3. The van der Waals surface area contributed by atoms with Gasteiger partial charge in [0.1, 0.15) is 11.2 Å². The molecule has 0 fully saturated rings. The molecule has 0 saturated carbocycles. The lowest BCUT2D eigenvalue weighted by Gasteiger charge is -2.30. The molecule has 10 aromatic carbocycles. The van der Waals surface area contributed by atoms with Crippen LogP contribution in [0.5, 0.6) is 0 Å². The molecule has 0 aliphatic heterocycles. The van der Waals surface area contributed by atoms with Gasteiger partial charge in [0.15, 0.2) is 0 Å². The molecule has 65 heavy (non-hydrogen) atoms. The Hall–Kier alpha value is -8.38. The topological polar surface area (TPSA) is 22.9 Å². The first-order valence-electron chi connectivity index (χ1n) is 21.9. The molecule has 0 bridgehead atoms. The number of thiophene rings is 1. The van der Waals surface area contributed by atoms with Crippen LogP contribution in [0.3, 0.4) is 0 Å². The molecule has 0 saturated heterocycles. The van der Waals surface area contributed by atoms with Gasteiger partial charge in [0.25, 0.3) is 0 Å². The van der Waals surface area contributed by atoms with Gasteiger partial charge in [-0.2, -0.15) is 0 Å². The van der Waals surface area contributed by atoms with Crippen LogP contribution < -0.4 is 14.7 Å². The average molecular weight is 852 g/mol. The summed E-state index contributed by atoms with van der Waals surface area (Å²) in [4.78, 5) is 7.05. The minimum atomic E-state index is 0.886. The number of hydrogen-bond acceptors (Lipinski definition) is 5. The number of anilines is 9. The van der Waals surface area contributed by atoms with Crippen molar-refractivity contribution in [3.05, 3.63) is 249 Å². The van der Waals surface area contributed by atoms with Crippen molar-refractivity contribution < 1.29 is 4.42 Å². The van der Waals surface area contributed by atoms with Crippen molar-refractivity contribution in [2.45, 2.75) is 0 Å². The number of benzene rings is 10. The summed E-state index contributed by atoms with van der Waals surface area (Å²) in [5, 5.41) is 4.70. The third-order valence-electron chi connectivity index (χ3n) is 12.2. The number of fused-ring (bicyclic) bond motifs is 6. The number of hydrogen-bond donors (Lipinski definition) is 0. The fraction of sp³-hybridized carbons (Fsp3) is 0. The lowest BCUT2D eigenvalue weighted by molar-refractivity contribution is 0.669. The van der Waals surface area contributed by atoms with E-state index in [2.05, 4.69) is 251 Å². The van der Waals surface area contributed by atoms with E-state index < -0.39 is 0 Å². The summed E-state index contributed by atoms with van der Waals surface area (Å²) < 4.78 is 8.71. The van der Waals surface area contributed by atoms with E-state index in [-0.39, 0.29) is 0 Å². The molecule has 2 heterocycles. The SMILES string of the molecule is c1ccc(N(c2ccccc2)c2cc(-c3ccc4sc5cc(N(c6ccccc6)c6ccc7oc8ccccc8c7c6)ccc5c4c3)cc(N(c3ccccc3)c3ccccc3)c2)cc1. The molecular weight excluding hydrogens is 811 g/mol. The summed E-state index contributed by atoms with van der Waals surface area (Å²) >= 11 is 1.84. The maximum atomic E-state index is 6.23. The van der Waals surface area contributed by atoms with Crippen LogP contribution in [0.1, 0.15) is 0 Å². The third kappa shape index (κ3) is 7.14. The number of rotatable bonds is 10. The minimum Gasteiger partial charge on any atom is -0.456 e. The van der Waals surface area contributed by atoms with Gasteiger partial charge >= 0.3 is 0 Å². The first kappa shape index (κ1) is 38.3. The predicted octanol–water partition coefficient (Wildman–Crippen LogP) is 18.0. The van der Waals surface area contributed by atoms with E-state index in [1.807, 2.05) is 23.5 Å². The van der Waals surface area contributed by atoms with Crippen LogP contribution in [0.4, 0.5) is 51.2 Å². The van der Waals surface area contributed by atoms with Crippen LogP contribution in [-0.4, -0.2) is 0 Å². The maximum Gasteiger partial charge on any atom is 0.135 e. The highest BCUT2D eigenvalue weighted by atomic mass is 32.1. The molecule has 12 rings (SSSR count). The molecule has 0 amide bonds. The van der Waals surface area contributed by atoms with Gasteiger partial charge in [-0.05, 0) is 139 Å². The van der Waals surface area contributed by atoms with E-state index >= 15 is 0 Å². The van der Waals surface area contributed by atoms with Crippen molar-refractivity contribution in [3.8, 4) is 11.1 Å². The van der Waals surface area contributed by atoms with Crippen molar-refractivity contribution >= 4 is 105 Å². The van der Waals surface area contributed by atoms with Gasteiger partial charge in [0.05, 0.1) is 0 Å². The van der Waals surface area contributed by atoms with Crippen LogP contribution >= 0.6 is 11.3 Å². The average Bonchev–Trinajstić information content (AvgIpc) is 3.93. The molecular formula is C60H41N3OS. The molecule has 308 valence electrons. The first-order valence-corrected chi connectivity index (χ1v) is 22.7. The molecule has 0 radical (unpaired) electrons. The Morgan fingerprint density at radius 3 is 1.26 bits per heavy atom. The van der Waals surface area contributed by atoms with Gasteiger partial charge in [0, 0.05) is 82.1 Å². The maximum absolute atomic E-state index is 6.23. The fourth-order valence-corrected chi connectivity index (χ4v) is 10.3. The van der Waals surface area contributed by atoms with Crippen molar-refractivity contribution in [2.24, 2.45) is 0 Å². The number of nitrogens with zero attached hydrogens (tertiary/aromatic N) is 3. The van der Waals surface area contributed by atoms with Gasteiger partial charge < -0.3 is 19.1 Å². The Morgan fingerprint density at radius 2 is 0.708 bits per heavy atom. The number of para-hydroxylation sites is 6. The molecule has 0 aliphatic rings. The summed E-state index contributed by atoms with van der Waals surface area (Å²) in [6, 6.07) is 88.9. The fourth-order valence-electron chi connectivity index (χ4n) is 9.18. The Morgan fingerprint density at radius 1 is 0.246 bits per heavy atom. The molecule has 12 aromatic rings. The standard InChI is InChI=1S/C60H41N3OS/c1-6-18-44(19-7-1)61(45-20-8-2-9-21-45)51-36-43(37-52(39-51)62(46-22-10-3-11-23-46)47-24-12-4-13-25-47)42-30-35-59-56(38-42)54-33-31-50(41-60(54)65-59)63(48-26-14-5-15-27-48)49-32-34-58-55(40-49)53-28-16-17-29-57(53)64-58/h1-41H. The van der Waals surface area contributed by atoms with Gasteiger partial charge in [-0.25, -0.2) is 0 Å². The molecule has 0 atom stereocenters. The largest absolute Gasteiger partial charge is 0.456 e. The molecule has 0 N–H and O–H groups in total. The van der Waals surface area contributed by atoms with E-state index in [0.717, 1.165) is 84.3 Å². The van der Waals surface area contributed by atoms with Crippen molar-refractivity contribution in [2.75, 3.05) is 14.7 Å². The van der Waals surface area contributed by atoms with Crippen LogP contribution in [0.25, 0.3) is 53.2 Å². The summed E-state index contributed by atoms with van der Waals surface area (Å²) in [6.45, 7) is 0. The van der Waals surface area contributed by atoms with E-state index in [9.17, 15) is 0 Å². The Kier molecular flexibility index (Phi) is 9.66. The highest BCUT2D eigenvalue weighted by molar-refractivity contribution is 7.25. The second-order valence-electron chi connectivity index (χ2n) is 16.2.